The van der Waals surface area contributed by atoms with Crippen molar-refractivity contribution >= 4 is 15.9 Å². The molecule has 1 amide bonds. The van der Waals surface area contributed by atoms with Crippen LogP contribution in [0.3, 0.4) is 0 Å². The molecule has 0 unspecified atom stereocenters. The van der Waals surface area contributed by atoms with Crippen LogP contribution >= 0.6 is 0 Å². The molecule has 1 aromatic rings. The van der Waals surface area contributed by atoms with Crippen molar-refractivity contribution in [3.05, 3.63) is 24.3 Å². The summed E-state index contributed by atoms with van der Waals surface area (Å²) in [6, 6.07) is 5.87. The standard InChI is InChI=1S/C16H24N2O6S/c1-13(16(20)18-8-11-23-12-9-18)24-14-3-5-15(6-4-14)25(21,22)17-7-2-10-19/h3-6,13,17,19H,2,7-12H2,1H3/t13-/m0/s1. The first-order valence-electron chi connectivity index (χ1n) is 8.18. The molecule has 140 valence electrons. The first-order valence-corrected chi connectivity index (χ1v) is 9.66. The number of sulfonamides is 1. The summed E-state index contributed by atoms with van der Waals surface area (Å²) in [5, 5.41) is 8.70. The number of morpholine rings is 1. The van der Waals surface area contributed by atoms with Gasteiger partial charge in [0.25, 0.3) is 5.91 Å². The fraction of sp³-hybridized carbons (Fsp3) is 0.562. The molecule has 0 radical (unpaired) electrons. The van der Waals surface area contributed by atoms with Gasteiger partial charge in [-0.05, 0) is 37.6 Å². The molecule has 1 aliphatic heterocycles. The van der Waals surface area contributed by atoms with E-state index >= 15 is 0 Å². The molecule has 0 spiro atoms. The van der Waals surface area contributed by atoms with Gasteiger partial charge in [0.05, 0.1) is 18.1 Å². The van der Waals surface area contributed by atoms with Gasteiger partial charge in [0.15, 0.2) is 6.10 Å². The molecule has 1 aromatic carbocycles. The van der Waals surface area contributed by atoms with Crippen LogP contribution < -0.4 is 9.46 Å². The summed E-state index contributed by atoms with van der Waals surface area (Å²) in [6.07, 6.45) is -0.315. The number of hydrogen-bond acceptors (Lipinski definition) is 6. The number of benzene rings is 1. The summed E-state index contributed by atoms with van der Waals surface area (Å²) >= 11 is 0. The number of nitrogens with one attached hydrogen (secondary N) is 1. The average molecular weight is 372 g/mol. The lowest BCUT2D eigenvalue weighted by Gasteiger charge is -2.29. The second-order valence-corrected chi connectivity index (χ2v) is 7.41. The normalized spacial score (nSPS) is 16.5. The van der Waals surface area contributed by atoms with Crippen LogP contribution in [0.5, 0.6) is 5.75 Å². The highest BCUT2D eigenvalue weighted by Crippen LogP contribution is 2.18. The molecule has 0 bridgehead atoms. The number of hydrogen-bond donors (Lipinski definition) is 2. The Morgan fingerprint density at radius 1 is 1.32 bits per heavy atom. The van der Waals surface area contributed by atoms with Crippen molar-refractivity contribution in [1.82, 2.24) is 9.62 Å². The van der Waals surface area contributed by atoms with E-state index < -0.39 is 16.1 Å². The van der Waals surface area contributed by atoms with Gasteiger partial charge in [0, 0.05) is 26.2 Å². The third-order valence-electron chi connectivity index (χ3n) is 3.74. The second-order valence-electron chi connectivity index (χ2n) is 5.64. The third-order valence-corrected chi connectivity index (χ3v) is 5.22. The fourth-order valence-electron chi connectivity index (χ4n) is 2.36. The zero-order valence-electron chi connectivity index (χ0n) is 14.2. The van der Waals surface area contributed by atoms with Crippen molar-refractivity contribution in [3.63, 3.8) is 0 Å². The molecule has 1 atom stereocenters. The maximum Gasteiger partial charge on any atom is 0.263 e. The van der Waals surface area contributed by atoms with Crippen molar-refractivity contribution < 1.29 is 27.8 Å². The Hall–Kier alpha value is -1.68. The minimum Gasteiger partial charge on any atom is -0.481 e. The van der Waals surface area contributed by atoms with Crippen LogP contribution in [0.4, 0.5) is 0 Å². The molecule has 0 saturated carbocycles. The van der Waals surface area contributed by atoms with E-state index in [1.165, 1.54) is 24.3 Å². The van der Waals surface area contributed by atoms with Crippen LogP contribution in [-0.4, -0.2) is 69.9 Å². The smallest absolute Gasteiger partial charge is 0.263 e. The first-order chi connectivity index (χ1) is 11.9. The topological polar surface area (TPSA) is 105 Å². The quantitative estimate of drug-likeness (QED) is 0.621. The molecule has 0 aliphatic carbocycles. The molecule has 2 N–H and O–H groups in total. The van der Waals surface area contributed by atoms with Crippen molar-refractivity contribution in [2.24, 2.45) is 0 Å². The molecule has 0 aromatic heterocycles. The van der Waals surface area contributed by atoms with Gasteiger partial charge in [-0.1, -0.05) is 0 Å². The molecule has 25 heavy (non-hydrogen) atoms. The Labute approximate surface area is 147 Å². The van der Waals surface area contributed by atoms with Crippen molar-refractivity contribution in [2.45, 2.75) is 24.3 Å². The van der Waals surface area contributed by atoms with Gasteiger partial charge in [-0.3, -0.25) is 4.79 Å². The average Bonchev–Trinajstić information content (AvgIpc) is 2.62. The maximum absolute atomic E-state index is 12.3. The lowest BCUT2D eigenvalue weighted by atomic mass is 10.3. The number of aliphatic hydroxyl groups is 1. The third kappa shape index (κ3) is 5.67. The Morgan fingerprint density at radius 3 is 2.56 bits per heavy atom. The molecule has 2 rings (SSSR count). The number of ether oxygens (including phenoxy) is 2. The van der Waals surface area contributed by atoms with E-state index in [4.69, 9.17) is 14.6 Å². The zero-order valence-corrected chi connectivity index (χ0v) is 15.0. The van der Waals surface area contributed by atoms with Gasteiger partial charge in [-0.25, -0.2) is 13.1 Å². The predicted octanol–water partition coefficient (Wildman–Crippen LogP) is -0.0266. The van der Waals surface area contributed by atoms with Crippen LogP contribution in [0.25, 0.3) is 0 Å². The number of nitrogens with zero attached hydrogens (tertiary/aromatic N) is 1. The SMILES string of the molecule is C[C@H](Oc1ccc(S(=O)(=O)NCCCO)cc1)C(=O)N1CCOCC1. The lowest BCUT2D eigenvalue weighted by Crippen LogP contribution is -2.46. The minimum absolute atomic E-state index is 0.0790. The summed E-state index contributed by atoms with van der Waals surface area (Å²) in [4.78, 5) is 14.1. The van der Waals surface area contributed by atoms with E-state index in [-0.39, 0.29) is 24.0 Å². The number of amides is 1. The van der Waals surface area contributed by atoms with E-state index in [1.54, 1.807) is 11.8 Å². The maximum atomic E-state index is 12.3. The molecule has 1 heterocycles. The Kier molecular flexibility index (Phi) is 7.18. The van der Waals surface area contributed by atoms with Crippen LogP contribution in [0.2, 0.25) is 0 Å². The highest BCUT2D eigenvalue weighted by molar-refractivity contribution is 7.89. The Morgan fingerprint density at radius 2 is 1.96 bits per heavy atom. The van der Waals surface area contributed by atoms with E-state index in [9.17, 15) is 13.2 Å². The summed E-state index contributed by atoms with van der Waals surface area (Å²) in [5.74, 6) is 0.300. The Bertz CT molecular complexity index is 656. The van der Waals surface area contributed by atoms with E-state index in [1.807, 2.05) is 0 Å². The van der Waals surface area contributed by atoms with Crippen LogP contribution in [0.15, 0.2) is 29.2 Å². The van der Waals surface area contributed by atoms with Crippen molar-refractivity contribution in [3.8, 4) is 5.75 Å². The highest BCUT2D eigenvalue weighted by Gasteiger charge is 2.24. The summed E-state index contributed by atoms with van der Waals surface area (Å²) < 4.78 is 37.3. The van der Waals surface area contributed by atoms with Gasteiger partial charge in [-0.2, -0.15) is 0 Å². The molecular formula is C16H24N2O6S. The van der Waals surface area contributed by atoms with E-state index in [0.29, 0.717) is 38.5 Å². The Balaban J connectivity index is 1.94. The summed E-state index contributed by atoms with van der Waals surface area (Å²) in [6.45, 7) is 3.89. The van der Waals surface area contributed by atoms with Crippen molar-refractivity contribution in [1.29, 1.82) is 0 Å². The first kappa shape index (κ1) is 19.6. The number of rotatable bonds is 8. The van der Waals surface area contributed by atoms with Gasteiger partial charge in [0.2, 0.25) is 10.0 Å². The monoisotopic (exact) mass is 372 g/mol. The molecule has 1 saturated heterocycles. The number of aliphatic hydroxyl groups excluding tert-OH is 1. The zero-order chi connectivity index (χ0) is 18.3. The second kappa shape index (κ2) is 9.14. The molecule has 1 aliphatic rings. The molecule has 9 heteroatoms. The van der Waals surface area contributed by atoms with Crippen molar-refractivity contribution in [2.75, 3.05) is 39.5 Å². The molecule has 8 nitrogen and oxygen atoms in total. The van der Waals surface area contributed by atoms with E-state index in [0.717, 1.165) is 0 Å². The molecule has 1 fully saturated rings. The van der Waals surface area contributed by atoms with E-state index in [2.05, 4.69) is 4.72 Å². The van der Waals surface area contributed by atoms with Crippen LogP contribution in [0.1, 0.15) is 13.3 Å². The fourth-order valence-corrected chi connectivity index (χ4v) is 3.44. The molecular weight excluding hydrogens is 348 g/mol. The lowest BCUT2D eigenvalue weighted by molar-refractivity contribution is -0.142. The van der Waals surface area contributed by atoms with Crippen LogP contribution in [0, 0.1) is 0 Å². The van der Waals surface area contributed by atoms with Gasteiger partial charge in [-0.15, -0.1) is 0 Å². The number of carbonyl (C=O) groups excluding carboxylic acids is 1. The summed E-state index contributed by atoms with van der Waals surface area (Å²) in [5.41, 5.74) is 0. The minimum atomic E-state index is -3.62. The summed E-state index contributed by atoms with van der Waals surface area (Å²) in [7, 11) is -3.62. The predicted molar refractivity (Wildman–Crippen MR) is 90.8 cm³/mol. The van der Waals surface area contributed by atoms with Crippen LogP contribution in [-0.2, 0) is 19.6 Å². The largest absolute Gasteiger partial charge is 0.481 e. The van der Waals surface area contributed by atoms with Gasteiger partial charge in [0.1, 0.15) is 5.75 Å². The highest BCUT2D eigenvalue weighted by atomic mass is 32.2. The number of carbonyl (C=O) groups is 1. The van der Waals surface area contributed by atoms with Gasteiger partial charge >= 0.3 is 0 Å². The van der Waals surface area contributed by atoms with Gasteiger partial charge < -0.3 is 19.5 Å².